The number of aromatic nitrogens is 4. The van der Waals surface area contributed by atoms with E-state index in [-0.39, 0.29) is 0 Å². The molecule has 2 aromatic heterocycles. The molecule has 0 unspecified atom stereocenters. The summed E-state index contributed by atoms with van der Waals surface area (Å²) in [5.41, 5.74) is 1.69. The summed E-state index contributed by atoms with van der Waals surface area (Å²) >= 11 is 5.94. The summed E-state index contributed by atoms with van der Waals surface area (Å²) in [5, 5.41) is 9.41. The van der Waals surface area contributed by atoms with Crippen molar-refractivity contribution in [3.05, 3.63) is 41.8 Å². The maximum Gasteiger partial charge on any atom is 0.168 e. The summed E-state index contributed by atoms with van der Waals surface area (Å²) in [6.45, 7) is 1.89. The molecule has 23 heavy (non-hydrogen) atoms. The molecule has 3 rings (SSSR count). The zero-order chi connectivity index (χ0) is 16.2. The number of anilines is 1. The average molecular weight is 331 g/mol. The Labute approximate surface area is 140 Å². The van der Waals surface area contributed by atoms with Gasteiger partial charge in [-0.25, -0.2) is 14.6 Å². The molecule has 0 bridgehead atoms. The Morgan fingerprint density at radius 1 is 1.17 bits per heavy atom. The first kappa shape index (κ1) is 15.7. The third kappa shape index (κ3) is 3.60. The monoisotopic (exact) mass is 330 g/mol. The highest BCUT2D eigenvalue weighted by molar-refractivity contribution is 6.30. The van der Waals surface area contributed by atoms with Gasteiger partial charge in [0.25, 0.3) is 0 Å². The summed E-state index contributed by atoms with van der Waals surface area (Å²) in [7, 11) is 4.14. The second-order valence-corrected chi connectivity index (χ2v) is 6.01. The van der Waals surface area contributed by atoms with Crippen LogP contribution >= 0.6 is 11.6 Å². The van der Waals surface area contributed by atoms with Crippen LogP contribution in [0.1, 0.15) is 6.42 Å². The van der Waals surface area contributed by atoms with Crippen molar-refractivity contribution in [3.8, 4) is 5.69 Å². The van der Waals surface area contributed by atoms with Crippen LogP contribution in [-0.4, -0.2) is 51.8 Å². The fraction of sp³-hybridized carbons (Fsp3) is 0.312. The van der Waals surface area contributed by atoms with E-state index in [9.17, 15) is 0 Å². The van der Waals surface area contributed by atoms with E-state index in [0.717, 1.165) is 42.0 Å². The molecule has 0 aliphatic rings. The summed E-state index contributed by atoms with van der Waals surface area (Å²) in [6.07, 6.45) is 4.40. The lowest BCUT2D eigenvalue weighted by atomic mass is 10.3. The minimum absolute atomic E-state index is 0.697. The molecular weight excluding hydrogens is 312 g/mol. The van der Waals surface area contributed by atoms with Crippen molar-refractivity contribution < 1.29 is 0 Å². The third-order valence-electron chi connectivity index (χ3n) is 3.51. The van der Waals surface area contributed by atoms with Gasteiger partial charge in [0.15, 0.2) is 5.65 Å². The molecule has 0 radical (unpaired) electrons. The van der Waals surface area contributed by atoms with Crippen LogP contribution in [0.2, 0.25) is 5.02 Å². The number of fused-ring (bicyclic) bond motifs is 1. The molecule has 0 fully saturated rings. The molecule has 0 saturated heterocycles. The van der Waals surface area contributed by atoms with Crippen LogP contribution in [0.25, 0.3) is 16.7 Å². The predicted octanol–water partition coefficient (Wildman–Crippen LogP) is 2.83. The van der Waals surface area contributed by atoms with E-state index in [2.05, 4.69) is 39.4 Å². The normalized spacial score (nSPS) is 11.3. The van der Waals surface area contributed by atoms with Crippen molar-refractivity contribution in [1.29, 1.82) is 0 Å². The van der Waals surface area contributed by atoms with Gasteiger partial charge in [-0.15, -0.1) is 0 Å². The SMILES string of the molecule is CN(C)CCCNc1ncnc2c1cnn2-c1ccc(Cl)cc1. The molecule has 0 amide bonds. The predicted molar refractivity (Wildman–Crippen MR) is 93.3 cm³/mol. The van der Waals surface area contributed by atoms with Gasteiger partial charge in [-0.1, -0.05) is 11.6 Å². The molecule has 1 N–H and O–H groups in total. The van der Waals surface area contributed by atoms with Gasteiger partial charge in [0.1, 0.15) is 12.1 Å². The Kier molecular flexibility index (Phi) is 4.73. The molecule has 0 aliphatic heterocycles. The lowest BCUT2D eigenvalue weighted by Gasteiger charge is -2.10. The molecule has 0 saturated carbocycles. The summed E-state index contributed by atoms with van der Waals surface area (Å²) in [6, 6.07) is 7.51. The Hall–Kier alpha value is -2.18. The lowest BCUT2D eigenvalue weighted by Crippen LogP contribution is -2.16. The third-order valence-corrected chi connectivity index (χ3v) is 3.76. The van der Waals surface area contributed by atoms with Crippen LogP contribution in [0.4, 0.5) is 5.82 Å². The van der Waals surface area contributed by atoms with Crippen molar-refractivity contribution in [2.75, 3.05) is 32.5 Å². The average Bonchev–Trinajstić information content (AvgIpc) is 2.97. The minimum Gasteiger partial charge on any atom is -0.369 e. The molecular formula is C16H19ClN6. The van der Waals surface area contributed by atoms with Crippen molar-refractivity contribution in [1.82, 2.24) is 24.6 Å². The molecule has 120 valence electrons. The van der Waals surface area contributed by atoms with E-state index < -0.39 is 0 Å². The number of hydrogen-bond acceptors (Lipinski definition) is 5. The first-order valence-electron chi connectivity index (χ1n) is 7.48. The van der Waals surface area contributed by atoms with Gasteiger partial charge in [0.2, 0.25) is 0 Å². The van der Waals surface area contributed by atoms with Gasteiger partial charge in [0.05, 0.1) is 17.3 Å². The molecule has 0 atom stereocenters. The standard InChI is InChI=1S/C16H19ClN6/c1-22(2)9-3-8-18-15-14-10-21-23(16(14)20-11-19-15)13-6-4-12(17)5-7-13/h4-7,10-11H,3,8-9H2,1-2H3,(H,18,19,20). The van der Waals surface area contributed by atoms with Gasteiger partial charge in [-0.2, -0.15) is 5.10 Å². The van der Waals surface area contributed by atoms with Gasteiger partial charge >= 0.3 is 0 Å². The minimum atomic E-state index is 0.697. The van der Waals surface area contributed by atoms with E-state index in [0.29, 0.717) is 5.02 Å². The van der Waals surface area contributed by atoms with Crippen LogP contribution in [0, 0.1) is 0 Å². The van der Waals surface area contributed by atoms with Crippen molar-refractivity contribution in [2.45, 2.75) is 6.42 Å². The quantitative estimate of drug-likeness (QED) is 0.704. The van der Waals surface area contributed by atoms with Gasteiger partial charge in [-0.3, -0.25) is 0 Å². The van der Waals surface area contributed by atoms with Gasteiger partial charge < -0.3 is 10.2 Å². The van der Waals surface area contributed by atoms with Gasteiger partial charge in [0, 0.05) is 11.6 Å². The Balaban J connectivity index is 1.84. The number of rotatable bonds is 6. The maximum absolute atomic E-state index is 5.94. The number of benzene rings is 1. The molecule has 0 aliphatic carbocycles. The summed E-state index contributed by atoms with van der Waals surface area (Å²) < 4.78 is 1.79. The molecule has 3 aromatic rings. The summed E-state index contributed by atoms with van der Waals surface area (Å²) in [4.78, 5) is 10.9. The second-order valence-electron chi connectivity index (χ2n) is 5.58. The largest absolute Gasteiger partial charge is 0.369 e. The highest BCUT2D eigenvalue weighted by Gasteiger charge is 2.10. The number of nitrogens with one attached hydrogen (secondary N) is 1. The number of hydrogen-bond donors (Lipinski definition) is 1. The lowest BCUT2D eigenvalue weighted by molar-refractivity contribution is 0.405. The zero-order valence-corrected chi connectivity index (χ0v) is 14.0. The number of halogens is 1. The number of nitrogens with zero attached hydrogens (tertiary/aromatic N) is 5. The van der Waals surface area contributed by atoms with Crippen LogP contribution < -0.4 is 5.32 Å². The first-order valence-corrected chi connectivity index (χ1v) is 7.86. The molecule has 0 spiro atoms. The zero-order valence-electron chi connectivity index (χ0n) is 13.2. The van der Waals surface area contributed by atoms with Crippen LogP contribution in [0.5, 0.6) is 0 Å². The van der Waals surface area contributed by atoms with Crippen LogP contribution in [-0.2, 0) is 0 Å². The molecule has 2 heterocycles. The van der Waals surface area contributed by atoms with E-state index >= 15 is 0 Å². The molecule has 7 heteroatoms. The maximum atomic E-state index is 5.94. The van der Waals surface area contributed by atoms with Crippen molar-refractivity contribution in [2.24, 2.45) is 0 Å². The second kappa shape index (κ2) is 6.93. The fourth-order valence-electron chi connectivity index (χ4n) is 2.36. The Morgan fingerprint density at radius 3 is 2.70 bits per heavy atom. The molecule has 6 nitrogen and oxygen atoms in total. The van der Waals surface area contributed by atoms with Crippen LogP contribution in [0.3, 0.4) is 0 Å². The topological polar surface area (TPSA) is 58.9 Å². The van der Waals surface area contributed by atoms with E-state index in [1.807, 2.05) is 24.3 Å². The van der Waals surface area contributed by atoms with Crippen LogP contribution in [0.15, 0.2) is 36.8 Å². The smallest absolute Gasteiger partial charge is 0.168 e. The van der Waals surface area contributed by atoms with E-state index in [4.69, 9.17) is 11.6 Å². The highest BCUT2D eigenvalue weighted by atomic mass is 35.5. The molecule has 1 aromatic carbocycles. The Bertz CT molecular complexity index is 781. The van der Waals surface area contributed by atoms with E-state index in [1.165, 1.54) is 0 Å². The van der Waals surface area contributed by atoms with Gasteiger partial charge in [-0.05, 0) is 51.3 Å². The van der Waals surface area contributed by atoms with E-state index in [1.54, 1.807) is 17.2 Å². The Morgan fingerprint density at radius 2 is 1.96 bits per heavy atom. The fourth-order valence-corrected chi connectivity index (χ4v) is 2.48. The summed E-state index contributed by atoms with van der Waals surface area (Å²) in [5.74, 6) is 0.814. The first-order chi connectivity index (χ1) is 11.1. The highest BCUT2D eigenvalue weighted by Crippen LogP contribution is 2.22. The van der Waals surface area contributed by atoms with Crippen molar-refractivity contribution in [3.63, 3.8) is 0 Å². The van der Waals surface area contributed by atoms with Crippen molar-refractivity contribution >= 4 is 28.5 Å².